The first-order valence-corrected chi connectivity index (χ1v) is 8.61. The highest BCUT2D eigenvalue weighted by atomic mass is 19.1. The second kappa shape index (κ2) is 7.00. The minimum absolute atomic E-state index is 0.203. The first kappa shape index (κ1) is 16.3. The van der Waals surface area contributed by atoms with E-state index in [4.69, 9.17) is 0 Å². The monoisotopic (exact) mass is 350 g/mol. The maximum atomic E-state index is 13.2. The summed E-state index contributed by atoms with van der Waals surface area (Å²) in [7, 11) is 0. The molecule has 0 bridgehead atoms. The minimum Gasteiger partial charge on any atom is -0.366 e. The summed E-state index contributed by atoms with van der Waals surface area (Å²) in [5, 5.41) is 3.86. The topological polar surface area (TPSA) is 48.5 Å². The fourth-order valence-electron chi connectivity index (χ4n) is 3.26. The van der Waals surface area contributed by atoms with Crippen LogP contribution in [-0.4, -0.2) is 42.1 Å². The van der Waals surface area contributed by atoms with E-state index in [1.165, 1.54) is 12.1 Å². The van der Waals surface area contributed by atoms with Gasteiger partial charge in [0, 0.05) is 43.4 Å². The number of nitrogens with one attached hydrogen (secondary N) is 1. The molecule has 4 rings (SSSR count). The first-order valence-electron chi connectivity index (χ1n) is 8.61. The average molecular weight is 350 g/mol. The number of benzene rings is 2. The van der Waals surface area contributed by atoms with Gasteiger partial charge in [-0.3, -0.25) is 4.98 Å². The van der Waals surface area contributed by atoms with E-state index in [9.17, 15) is 9.18 Å². The Morgan fingerprint density at radius 2 is 1.77 bits per heavy atom. The summed E-state index contributed by atoms with van der Waals surface area (Å²) < 4.78 is 13.2. The van der Waals surface area contributed by atoms with Crippen LogP contribution in [0.4, 0.5) is 20.6 Å². The number of carbonyl (C=O) groups is 1. The van der Waals surface area contributed by atoms with E-state index < -0.39 is 0 Å². The van der Waals surface area contributed by atoms with Crippen LogP contribution in [0.1, 0.15) is 0 Å². The number of hydrogen-bond acceptors (Lipinski definition) is 3. The van der Waals surface area contributed by atoms with Gasteiger partial charge >= 0.3 is 6.03 Å². The maximum Gasteiger partial charge on any atom is 0.321 e. The summed E-state index contributed by atoms with van der Waals surface area (Å²) in [6, 6.07) is 15.9. The van der Waals surface area contributed by atoms with Crippen LogP contribution >= 0.6 is 0 Å². The van der Waals surface area contributed by atoms with Crippen molar-refractivity contribution in [1.29, 1.82) is 0 Å². The van der Waals surface area contributed by atoms with Crippen molar-refractivity contribution in [2.45, 2.75) is 0 Å². The largest absolute Gasteiger partial charge is 0.366 e. The fraction of sp³-hybridized carbons (Fsp3) is 0.200. The van der Waals surface area contributed by atoms with Crippen molar-refractivity contribution >= 4 is 28.3 Å². The second-order valence-corrected chi connectivity index (χ2v) is 6.27. The van der Waals surface area contributed by atoms with Gasteiger partial charge in [-0.05, 0) is 30.3 Å². The molecule has 0 aliphatic carbocycles. The van der Waals surface area contributed by atoms with E-state index in [1.54, 1.807) is 23.2 Å². The van der Waals surface area contributed by atoms with Crippen molar-refractivity contribution in [1.82, 2.24) is 9.88 Å². The highest BCUT2D eigenvalue weighted by molar-refractivity contribution is 5.91. The van der Waals surface area contributed by atoms with Gasteiger partial charge in [-0.15, -0.1) is 0 Å². The van der Waals surface area contributed by atoms with E-state index in [2.05, 4.69) is 33.4 Å². The molecule has 0 radical (unpaired) electrons. The predicted molar refractivity (Wildman–Crippen MR) is 101 cm³/mol. The van der Waals surface area contributed by atoms with Gasteiger partial charge < -0.3 is 15.1 Å². The Morgan fingerprint density at radius 1 is 1.00 bits per heavy atom. The molecular weight excluding hydrogens is 331 g/mol. The number of hydrogen-bond donors (Lipinski definition) is 1. The third kappa shape index (κ3) is 3.31. The lowest BCUT2D eigenvalue weighted by atomic mass is 10.1. The van der Waals surface area contributed by atoms with Gasteiger partial charge in [0.2, 0.25) is 0 Å². The minimum atomic E-state index is -0.365. The molecule has 2 aromatic carbocycles. The van der Waals surface area contributed by atoms with Crippen LogP contribution in [0.3, 0.4) is 0 Å². The summed E-state index contributed by atoms with van der Waals surface area (Å²) in [5.74, 6) is -0.365. The van der Waals surface area contributed by atoms with E-state index in [0.29, 0.717) is 18.8 Å². The van der Waals surface area contributed by atoms with E-state index in [0.717, 1.165) is 29.7 Å². The van der Waals surface area contributed by atoms with Crippen LogP contribution in [0.15, 0.2) is 60.8 Å². The summed E-state index contributed by atoms with van der Waals surface area (Å²) in [5.41, 5.74) is 2.54. The SMILES string of the molecule is O=C(Nc1cccc(F)c1)N1CCN(c2cccc3cccnc23)CC1. The molecule has 2 heterocycles. The smallest absolute Gasteiger partial charge is 0.321 e. The van der Waals surface area contributed by atoms with Crippen LogP contribution in [-0.2, 0) is 0 Å². The van der Waals surface area contributed by atoms with E-state index in [1.807, 2.05) is 12.1 Å². The average Bonchev–Trinajstić information content (AvgIpc) is 2.68. The van der Waals surface area contributed by atoms with Gasteiger partial charge in [0.15, 0.2) is 0 Å². The molecule has 5 nitrogen and oxygen atoms in total. The zero-order valence-electron chi connectivity index (χ0n) is 14.2. The lowest BCUT2D eigenvalue weighted by molar-refractivity contribution is 0.208. The van der Waals surface area contributed by atoms with Crippen LogP contribution in [0.2, 0.25) is 0 Å². The van der Waals surface area contributed by atoms with Crippen molar-refractivity contribution in [3.8, 4) is 0 Å². The van der Waals surface area contributed by atoms with E-state index >= 15 is 0 Å². The number of fused-ring (bicyclic) bond motifs is 1. The Labute approximate surface area is 151 Å². The molecule has 6 heteroatoms. The molecule has 1 saturated heterocycles. The molecule has 1 aliphatic heterocycles. The number of para-hydroxylation sites is 1. The number of urea groups is 1. The number of pyridine rings is 1. The third-order valence-corrected chi connectivity index (χ3v) is 4.59. The maximum absolute atomic E-state index is 13.2. The molecule has 2 amide bonds. The summed E-state index contributed by atoms with van der Waals surface area (Å²) in [6.45, 7) is 2.66. The number of aromatic nitrogens is 1. The molecule has 0 spiro atoms. The van der Waals surface area contributed by atoms with Crippen molar-refractivity contribution < 1.29 is 9.18 Å². The number of amides is 2. The molecule has 0 saturated carbocycles. The summed E-state index contributed by atoms with van der Waals surface area (Å²) >= 11 is 0. The van der Waals surface area contributed by atoms with Gasteiger partial charge in [0.25, 0.3) is 0 Å². The Bertz CT molecular complexity index is 933. The second-order valence-electron chi connectivity index (χ2n) is 6.27. The third-order valence-electron chi connectivity index (χ3n) is 4.59. The van der Waals surface area contributed by atoms with Crippen molar-refractivity contribution in [2.75, 3.05) is 36.4 Å². The highest BCUT2D eigenvalue weighted by Crippen LogP contribution is 2.25. The molecule has 0 atom stereocenters. The Hall–Kier alpha value is -3.15. The number of halogens is 1. The normalized spacial score (nSPS) is 14.5. The molecule has 26 heavy (non-hydrogen) atoms. The number of nitrogens with zero attached hydrogens (tertiary/aromatic N) is 3. The predicted octanol–water partition coefficient (Wildman–Crippen LogP) is 3.73. The van der Waals surface area contributed by atoms with Crippen molar-refractivity contribution in [2.24, 2.45) is 0 Å². The molecule has 3 aromatic rings. The Balaban J connectivity index is 1.43. The van der Waals surface area contributed by atoms with Gasteiger partial charge in [-0.1, -0.05) is 24.3 Å². The number of anilines is 2. The standard InChI is InChI=1S/C20H19FN4O/c21-16-6-2-7-17(14-16)23-20(26)25-12-10-24(11-13-25)18-8-1-4-15-5-3-9-22-19(15)18/h1-9,14H,10-13H2,(H,23,26). The zero-order valence-corrected chi connectivity index (χ0v) is 14.2. The molecular formula is C20H19FN4O. The molecule has 1 aromatic heterocycles. The van der Waals surface area contributed by atoms with Gasteiger partial charge in [-0.25, -0.2) is 9.18 Å². The molecule has 0 unspecified atom stereocenters. The quantitative estimate of drug-likeness (QED) is 0.766. The van der Waals surface area contributed by atoms with Gasteiger partial charge in [0.05, 0.1) is 11.2 Å². The zero-order chi connectivity index (χ0) is 17.9. The van der Waals surface area contributed by atoms with Gasteiger partial charge in [-0.2, -0.15) is 0 Å². The number of piperazine rings is 1. The van der Waals surface area contributed by atoms with Crippen LogP contribution in [0.25, 0.3) is 10.9 Å². The number of rotatable bonds is 2. The van der Waals surface area contributed by atoms with Crippen molar-refractivity contribution in [3.63, 3.8) is 0 Å². The lowest BCUT2D eigenvalue weighted by Gasteiger charge is -2.36. The molecule has 1 aliphatic rings. The van der Waals surface area contributed by atoms with Crippen LogP contribution in [0.5, 0.6) is 0 Å². The summed E-state index contributed by atoms with van der Waals surface area (Å²) in [6.07, 6.45) is 1.80. The van der Waals surface area contributed by atoms with Crippen molar-refractivity contribution in [3.05, 3.63) is 66.6 Å². The van der Waals surface area contributed by atoms with Gasteiger partial charge in [0.1, 0.15) is 5.82 Å². The highest BCUT2D eigenvalue weighted by Gasteiger charge is 2.22. The van der Waals surface area contributed by atoms with Crippen LogP contribution < -0.4 is 10.2 Å². The summed E-state index contributed by atoms with van der Waals surface area (Å²) in [4.78, 5) is 20.9. The Kier molecular flexibility index (Phi) is 4.39. The van der Waals surface area contributed by atoms with Crippen LogP contribution in [0, 0.1) is 5.82 Å². The first-order chi connectivity index (χ1) is 12.7. The fourth-order valence-corrected chi connectivity index (χ4v) is 3.26. The molecule has 1 N–H and O–H groups in total. The lowest BCUT2D eigenvalue weighted by Crippen LogP contribution is -2.50. The molecule has 132 valence electrons. The number of carbonyl (C=O) groups excluding carboxylic acids is 1. The Morgan fingerprint density at radius 3 is 2.58 bits per heavy atom. The van der Waals surface area contributed by atoms with E-state index in [-0.39, 0.29) is 11.8 Å². The molecule has 1 fully saturated rings.